The zero-order valence-electron chi connectivity index (χ0n) is 11.9. The van der Waals surface area contributed by atoms with Crippen molar-refractivity contribution >= 4 is 5.91 Å². The summed E-state index contributed by atoms with van der Waals surface area (Å²) in [6.07, 6.45) is 2.13. The van der Waals surface area contributed by atoms with Crippen molar-refractivity contribution in [3.05, 3.63) is 35.9 Å². The molecular weight excluding hydrogens is 250 g/mol. The SMILES string of the molecule is O=C([C@@H]1CCCN1)N1CCN(Cc2ccccc2)CC1. The topological polar surface area (TPSA) is 35.6 Å². The van der Waals surface area contributed by atoms with Gasteiger partial charge in [-0.15, -0.1) is 0 Å². The third-order valence-electron chi connectivity index (χ3n) is 4.29. The average molecular weight is 273 g/mol. The number of nitrogens with one attached hydrogen (secondary N) is 1. The molecule has 1 aromatic carbocycles. The number of rotatable bonds is 3. The van der Waals surface area contributed by atoms with Crippen LogP contribution in [0.2, 0.25) is 0 Å². The summed E-state index contributed by atoms with van der Waals surface area (Å²) in [6.45, 7) is 5.67. The van der Waals surface area contributed by atoms with Gasteiger partial charge in [-0.25, -0.2) is 0 Å². The molecule has 4 nitrogen and oxygen atoms in total. The molecule has 0 unspecified atom stereocenters. The summed E-state index contributed by atoms with van der Waals surface area (Å²) in [5.74, 6) is 0.307. The molecule has 2 aliphatic rings. The number of benzene rings is 1. The summed E-state index contributed by atoms with van der Waals surface area (Å²) in [5.41, 5.74) is 1.35. The molecule has 2 fully saturated rings. The van der Waals surface area contributed by atoms with Gasteiger partial charge in [0.15, 0.2) is 0 Å². The number of nitrogens with zero attached hydrogens (tertiary/aromatic N) is 2. The van der Waals surface area contributed by atoms with E-state index in [0.717, 1.165) is 52.1 Å². The molecule has 3 rings (SSSR count). The molecule has 0 bridgehead atoms. The highest BCUT2D eigenvalue weighted by Gasteiger charge is 2.28. The van der Waals surface area contributed by atoms with E-state index in [4.69, 9.17) is 0 Å². The lowest BCUT2D eigenvalue weighted by atomic mass is 10.1. The van der Waals surface area contributed by atoms with Gasteiger partial charge in [-0.2, -0.15) is 0 Å². The van der Waals surface area contributed by atoms with Crippen molar-refractivity contribution in [2.45, 2.75) is 25.4 Å². The van der Waals surface area contributed by atoms with Gasteiger partial charge in [-0.1, -0.05) is 30.3 Å². The van der Waals surface area contributed by atoms with Crippen molar-refractivity contribution in [3.8, 4) is 0 Å². The summed E-state index contributed by atoms with van der Waals surface area (Å²) < 4.78 is 0. The Kier molecular flexibility index (Phi) is 4.33. The Morgan fingerprint density at radius 3 is 2.55 bits per heavy atom. The second-order valence-corrected chi connectivity index (χ2v) is 5.74. The summed E-state index contributed by atoms with van der Waals surface area (Å²) in [7, 11) is 0. The van der Waals surface area contributed by atoms with Crippen molar-refractivity contribution in [2.75, 3.05) is 32.7 Å². The molecule has 0 saturated carbocycles. The van der Waals surface area contributed by atoms with E-state index in [0.29, 0.717) is 5.91 Å². The van der Waals surface area contributed by atoms with E-state index in [2.05, 4.69) is 40.5 Å². The average Bonchev–Trinajstić information content (AvgIpc) is 3.03. The number of carbonyl (C=O) groups is 1. The molecule has 108 valence electrons. The first-order valence-corrected chi connectivity index (χ1v) is 7.61. The summed E-state index contributed by atoms with van der Waals surface area (Å²) in [5, 5.41) is 3.30. The number of amides is 1. The molecule has 2 heterocycles. The molecule has 1 N–H and O–H groups in total. The number of hydrogen-bond donors (Lipinski definition) is 1. The Morgan fingerprint density at radius 2 is 1.90 bits per heavy atom. The van der Waals surface area contributed by atoms with Crippen molar-refractivity contribution in [1.29, 1.82) is 0 Å². The standard InChI is InChI=1S/C16H23N3O/c20-16(15-7-4-8-17-15)19-11-9-18(10-12-19)13-14-5-2-1-3-6-14/h1-3,5-6,15,17H,4,7-13H2/t15-/m0/s1. The van der Waals surface area contributed by atoms with Gasteiger partial charge in [-0.05, 0) is 24.9 Å². The molecule has 0 aromatic heterocycles. The lowest BCUT2D eigenvalue weighted by Gasteiger charge is -2.36. The van der Waals surface area contributed by atoms with Gasteiger partial charge in [-0.3, -0.25) is 9.69 Å². The van der Waals surface area contributed by atoms with Crippen molar-refractivity contribution in [3.63, 3.8) is 0 Å². The highest BCUT2D eigenvalue weighted by molar-refractivity contribution is 5.82. The maximum Gasteiger partial charge on any atom is 0.239 e. The fourth-order valence-electron chi connectivity index (χ4n) is 3.08. The predicted octanol–water partition coefficient (Wildman–Crippen LogP) is 1.08. The van der Waals surface area contributed by atoms with Crippen LogP contribution in [0.1, 0.15) is 18.4 Å². The molecule has 20 heavy (non-hydrogen) atoms. The Labute approximate surface area is 120 Å². The van der Waals surface area contributed by atoms with Crippen LogP contribution in [-0.4, -0.2) is 54.5 Å². The second kappa shape index (κ2) is 6.37. The fourth-order valence-corrected chi connectivity index (χ4v) is 3.08. The van der Waals surface area contributed by atoms with Gasteiger partial charge in [0, 0.05) is 32.7 Å². The van der Waals surface area contributed by atoms with Crippen LogP contribution >= 0.6 is 0 Å². The monoisotopic (exact) mass is 273 g/mol. The summed E-state index contributed by atoms with van der Waals surface area (Å²) in [4.78, 5) is 16.8. The molecule has 1 atom stereocenters. The van der Waals surface area contributed by atoms with Gasteiger partial charge < -0.3 is 10.2 Å². The third-order valence-corrected chi connectivity index (χ3v) is 4.29. The van der Waals surface area contributed by atoms with Crippen LogP contribution in [0.4, 0.5) is 0 Å². The lowest BCUT2D eigenvalue weighted by Crippen LogP contribution is -2.52. The van der Waals surface area contributed by atoms with Crippen LogP contribution in [0.15, 0.2) is 30.3 Å². The van der Waals surface area contributed by atoms with Gasteiger partial charge >= 0.3 is 0 Å². The largest absolute Gasteiger partial charge is 0.339 e. The Bertz CT molecular complexity index is 434. The minimum Gasteiger partial charge on any atom is -0.339 e. The first-order valence-electron chi connectivity index (χ1n) is 7.61. The zero-order chi connectivity index (χ0) is 13.8. The normalized spacial score (nSPS) is 24.0. The zero-order valence-corrected chi connectivity index (χ0v) is 11.9. The summed E-state index contributed by atoms with van der Waals surface area (Å²) in [6, 6.07) is 10.6. The minimum absolute atomic E-state index is 0.0793. The van der Waals surface area contributed by atoms with E-state index in [9.17, 15) is 4.79 Å². The molecule has 0 aliphatic carbocycles. The van der Waals surface area contributed by atoms with Crippen molar-refractivity contribution in [1.82, 2.24) is 15.1 Å². The highest BCUT2D eigenvalue weighted by atomic mass is 16.2. The van der Waals surface area contributed by atoms with Gasteiger partial charge in [0.25, 0.3) is 0 Å². The molecule has 4 heteroatoms. The number of carbonyl (C=O) groups excluding carboxylic acids is 1. The first kappa shape index (κ1) is 13.6. The third kappa shape index (κ3) is 3.19. The van der Waals surface area contributed by atoms with Crippen LogP contribution in [0.25, 0.3) is 0 Å². The van der Waals surface area contributed by atoms with Crippen LogP contribution < -0.4 is 5.32 Å². The van der Waals surface area contributed by atoms with Gasteiger partial charge in [0.2, 0.25) is 5.91 Å². The number of hydrogen-bond acceptors (Lipinski definition) is 3. The van der Waals surface area contributed by atoms with E-state index >= 15 is 0 Å². The molecule has 1 amide bonds. The fraction of sp³-hybridized carbons (Fsp3) is 0.562. The van der Waals surface area contributed by atoms with E-state index in [1.54, 1.807) is 0 Å². The van der Waals surface area contributed by atoms with Gasteiger partial charge in [0.1, 0.15) is 0 Å². The van der Waals surface area contributed by atoms with Crippen LogP contribution in [0, 0.1) is 0 Å². The minimum atomic E-state index is 0.0793. The Balaban J connectivity index is 1.48. The molecule has 2 saturated heterocycles. The summed E-state index contributed by atoms with van der Waals surface area (Å²) >= 11 is 0. The molecule has 0 spiro atoms. The maximum atomic E-state index is 12.3. The van der Waals surface area contributed by atoms with Gasteiger partial charge in [0.05, 0.1) is 6.04 Å². The molecular formula is C16H23N3O. The van der Waals surface area contributed by atoms with Crippen molar-refractivity contribution < 1.29 is 4.79 Å². The molecule has 2 aliphatic heterocycles. The molecule has 0 radical (unpaired) electrons. The predicted molar refractivity (Wildman–Crippen MR) is 79.3 cm³/mol. The first-order chi connectivity index (χ1) is 9.83. The van der Waals surface area contributed by atoms with E-state index in [1.165, 1.54) is 5.56 Å². The van der Waals surface area contributed by atoms with Crippen LogP contribution in [0.3, 0.4) is 0 Å². The second-order valence-electron chi connectivity index (χ2n) is 5.74. The van der Waals surface area contributed by atoms with Crippen LogP contribution in [0.5, 0.6) is 0 Å². The maximum absolute atomic E-state index is 12.3. The Hall–Kier alpha value is -1.39. The van der Waals surface area contributed by atoms with E-state index in [1.807, 2.05) is 4.90 Å². The van der Waals surface area contributed by atoms with Crippen LogP contribution in [-0.2, 0) is 11.3 Å². The molecule has 1 aromatic rings. The smallest absolute Gasteiger partial charge is 0.239 e. The Morgan fingerprint density at radius 1 is 1.15 bits per heavy atom. The lowest BCUT2D eigenvalue weighted by molar-refractivity contribution is -0.134. The quantitative estimate of drug-likeness (QED) is 0.895. The van der Waals surface area contributed by atoms with E-state index < -0.39 is 0 Å². The highest BCUT2D eigenvalue weighted by Crippen LogP contribution is 2.12. The van der Waals surface area contributed by atoms with E-state index in [-0.39, 0.29) is 6.04 Å². The van der Waals surface area contributed by atoms with Crippen molar-refractivity contribution in [2.24, 2.45) is 0 Å². The number of piperazine rings is 1.